The van der Waals surface area contributed by atoms with E-state index >= 15 is 0 Å². The van der Waals surface area contributed by atoms with E-state index in [2.05, 4.69) is 5.10 Å². The Morgan fingerprint density at radius 2 is 1.67 bits per heavy atom. The zero-order valence-electron chi connectivity index (χ0n) is 17.2. The Morgan fingerprint density at radius 1 is 1.03 bits per heavy atom. The number of aromatic nitrogens is 2. The van der Waals surface area contributed by atoms with E-state index < -0.39 is 9.84 Å². The Kier molecular flexibility index (Phi) is 5.40. The molecule has 0 spiro atoms. The second kappa shape index (κ2) is 7.86. The molecule has 30 heavy (non-hydrogen) atoms. The van der Waals surface area contributed by atoms with E-state index in [0.29, 0.717) is 38.3 Å². The van der Waals surface area contributed by atoms with Crippen molar-refractivity contribution in [3.05, 3.63) is 41.6 Å². The summed E-state index contributed by atoms with van der Waals surface area (Å²) >= 11 is 0. The normalized spacial score (nSPS) is 21.1. The molecule has 1 aromatic heterocycles. The average Bonchev–Trinajstić information content (AvgIpc) is 3.31. The molecule has 1 aromatic carbocycles. The molecule has 8 nitrogen and oxygen atoms in total. The molecule has 2 saturated heterocycles. The number of nitrogens with zero attached hydrogens (tertiary/aromatic N) is 4. The predicted molar refractivity (Wildman–Crippen MR) is 113 cm³/mol. The highest BCUT2D eigenvalue weighted by atomic mass is 32.2. The van der Waals surface area contributed by atoms with Gasteiger partial charge in [-0.3, -0.25) is 14.3 Å². The molecular formula is C21H26N4O4S. The lowest BCUT2D eigenvalue weighted by atomic mass is 10.1. The third kappa shape index (κ3) is 4.12. The highest BCUT2D eigenvalue weighted by molar-refractivity contribution is 7.91. The van der Waals surface area contributed by atoms with Crippen molar-refractivity contribution < 1.29 is 18.0 Å². The van der Waals surface area contributed by atoms with Crippen LogP contribution in [-0.4, -0.2) is 77.5 Å². The molecule has 9 heteroatoms. The fourth-order valence-electron chi connectivity index (χ4n) is 4.07. The third-order valence-corrected chi connectivity index (χ3v) is 7.62. The van der Waals surface area contributed by atoms with Crippen molar-refractivity contribution in [3.63, 3.8) is 0 Å². The first-order valence-electron chi connectivity index (χ1n) is 10.2. The Balaban J connectivity index is 1.64. The number of sulfone groups is 1. The van der Waals surface area contributed by atoms with Gasteiger partial charge in [0.2, 0.25) is 5.91 Å². The average molecular weight is 431 g/mol. The van der Waals surface area contributed by atoms with Crippen LogP contribution in [0.4, 0.5) is 0 Å². The number of benzene rings is 1. The molecule has 2 fully saturated rings. The second-order valence-electron chi connectivity index (χ2n) is 8.08. The quantitative estimate of drug-likeness (QED) is 0.736. The fourth-order valence-corrected chi connectivity index (χ4v) is 5.76. The first-order valence-corrected chi connectivity index (χ1v) is 12.0. The molecule has 4 rings (SSSR count). The molecule has 1 atom stereocenters. The van der Waals surface area contributed by atoms with E-state index in [1.165, 1.54) is 6.92 Å². The molecule has 2 aliphatic heterocycles. The van der Waals surface area contributed by atoms with Gasteiger partial charge in [-0.2, -0.15) is 5.10 Å². The Bertz CT molecular complexity index is 1070. The van der Waals surface area contributed by atoms with E-state index in [1.54, 1.807) is 20.5 Å². The molecule has 160 valence electrons. The molecule has 0 radical (unpaired) electrons. The predicted octanol–water partition coefficient (Wildman–Crippen LogP) is 1.52. The maximum absolute atomic E-state index is 13.1. The molecule has 0 aliphatic carbocycles. The van der Waals surface area contributed by atoms with E-state index in [9.17, 15) is 18.0 Å². The maximum atomic E-state index is 13.1. The standard InChI is InChI=1S/C21H26N4O4S/c1-15-3-5-17(6-4-15)20-13-19(22-25(20)18-7-12-30(28,29)14-18)21(27)24-10-8-23(9-11-24)16(2)26/h3-6,13,18H,7-12,14H2,1-2H3/t18-/m1/s1. The van der Waals surface area contributed by atoms with Gasteiger partial charge in [-0.25, -0.2) is 8.42 Å². The Morgan fingerprint density at radius 3 is 2.23 bits per heavy atom. The number of hydrogen-bond acceptors (Lipinski definition) is 5. The maximum Gasteiger partial charge on any atom is 0.274 e. The minimum Gasteiger partial charge on any atom is -0.339 e. The molecule has 3 heterocycles. The minimum absolute atomic E-state index is 0.00970. The smallest absolute Gasteiger partial charge is 0.274 e. The number of carbonyl (C=O) groups excluding carboxylic acids is 2. The van der Waals surface area contributed by atoms with Crippen LogP contribution in [0.3, 0.4) is 0 Å². The SMILES string of the molecule is CC(=O)N1CCN(C(=O)c2cc(-c3ccc(C)cc3)n([C@@H]3CCS(=O)(=O)C3)n2)CC1. The van der Waals surface area contributed by atoms with Gasteiger partial charge in [0, 0.05) is 33.1 Å². The topological polar surface area (TPSA) is 92.6 Å². The van der Waals surface area contributed by atoms with Crippen molar-refractivity contribution in [3.8, 4) is 11.3 Å². The summed E-state index contributed by atoms with van der Waals surface area (Å²) < 4.78 is 25.8. The lowest BCUT2D eigenvalue weighted by Crippen LogP contribution is -2.50. The summed E-state index contributed by atoms with van der Waals surface area (Å²) in [5, 5.41) is 4.57. The first kappa shape index (κ1) is 20.6. The van der Waals surface area contributed by atoms with E-state index in [0.717, 1.165) is 16.8 Å². The van der Waals surface area contributed by atoms with Crippen LogP contribution < -0.4 is 0 Å². The van der Waals surface area contributed by atoms with Crippen molar-refractivity contribution in [2.24, 2.45) is 0 Å². The number of piperazine rings is 1. The van der Waals surface area contributed by atoms with Crippen LogP contribution in [0.1, 0.15) is 35.4 Å². The summed E-state index contributed by atoms with van der Waals surface area (Å²) in [6, 6.07) is 9.39. The van der Waals surface area contributed by atoms with Gasteiger partial charge in [0.15, 0.2) is 15.5 Å². The van der Waals surface area contributed by atoms with Gasteiger partial charge in [0.1, 0.15) is 0 Å². The van der Waals surface area contributed by atoms with Crippen molar-refractivity contribution in [2.45, 2.75) is 26.3 Å². The molecule has 2 aliphatic rings. The van der Waals surface area contributed by atoms with Gasteiger partial charge in [-0.1, -0.05) is 29.8 Å². The number of hydrogen-bond donors (Lipinski definition) is 0. The number of rotatable bonds is 3. The van der Waals surface area contributed by atoms with Gasteiger partial charge in [0.25, 0.3) is 5.91 Å². The second-order valence-corrected chi connectivity index (χ2v) is 10.3. The third-order valence-electron chi connectivity index (χ3n) is 5.87. The summed E-state index contributed by atoms with van der Waals surface area (Å²) in [5.41, 5.74) is 3.08. The lowest BCUT2D eigenvalue weighted by molar-refractivity contribution is -0.130. The molecule has 0 saturated carbocycles. The van der Waals surface area contributed by atoms with Crippen LogP contribution in [0.25, 0.3) is 11.3 Å². The molecule has 0 unspecified atom stereocenters. The van der Waals surface area contributed by atoms with Gasteiger partial charge in [0.05, 0.1) is 23.2 Å². The van der Waals surface area contributed by atoms with Crippen LogP contribution in [-0.2, 0) is 14.6 Å². The highest BCUT2D eigenvalue weighted by Gasteiger charge is 2.33. The molecule has 2 amide bonds. The number of carbonyl (C=O) groups is 2. The van der Waals surface area contributed by atoms with Crippen LogP contribution in [0.2, 0.25) is 0 Å². The van der Waals surface area contributed by atoms with Crippen molar-refractivity contribution >= 4 is 21.7 Å². The zero-order valence-corrected chi connectivity index (χ0v) is 18.1. The van der Waals surface area contributed by atoms with Crippen molar-refractivity contribution in [2.75, 3.05) is 37.7 Å². The number of aryl methyl sites for hydroxylation is 1. The fraction of sp³-hybridized carbons (Fsp3) is 0.476. The Labute approximate surface area is 176 Å². The van der Waals surface area contributed by atoms with Crippen molar-refractivity contribution in [1.29, 1.82) is 0 Å². The van der Waals surface area contributed by atoms with Gasteiger partial charge < -0.3 is 9.80 Å². The zero-order chi connectivity index (χ0) is 21.5. The first-order chi connectivity index (χ1) is 14.2. The molecule has 0 bridgehead atoms. The molecular weight excluding hydrogens is 404 g/mol. The lowest BCUT2D eigenvalue weighted by Gasteiger charge is -2.33. The highest BCUT2D eigenvalue weighted by Crippen LogP contribution is 2.30. The summed E-state index contributed by atoms with van der Waals surface area (Å²) in [7, 11) is -3.09. The number of amides is 2. The summed E-state index contributed by atoms with van der Waals surface area (Å²) in [4.78, 5) is 28.1. The van der Waals surface area contributed by atoms with Crippen LogP contribution in [0, 0.1) is 6.92 Å². The van der Waals surface area contributed by atoms with Gasteiger partial charge >= 0.3 is 0 Å². The van der Waals surface area contributed by atoms with E-state index in [4.69, 9.17) is 0 Å². The molecule has 0 N–H and O–H groups in total. The monoisotopic (exact) mass is 430 g/mol. The van der Waals surface area contributed by atoms with Crippen LogP contribution in [0.5, 0.6) is 0 Å². The van der Waals surface area contributed by atoms with Crippen LogP contribution in [0.15, 0.2) is 30.3 Å². The largest absolute Gasteiger partial charge is 0.339 e. The van der Waals surface area contributed by atoms with E-state index in [1.807, 2.05) is 31.2 Å². The summed E-state index contributed by atoms with van der Waals surface area (Å²) in [6.45, 7) is 5.47. The van der Waals surface area contributed by atoms with Crippen molar-refractivity contribution in [1.82, 2.24) is 19.6 Å². The van der Waals surface area contributed by atoms with Crippen LogP contribution >= 0.6 is 0 Å². The summed E-state index contributed by atoms with van der Waals surface area (Å²) in [6.07, 6.45) is 0.494. The summed E-state index contributed by atoms with van der Waals surface area (Å²) in [5.74, 6) is 0.00113. The molecule has 2 aromatic rings. The van der Waals surface area contributed by atoms with Gasteiger partial charge in [-0.05, 0) is 25.0 Å². The van der Waals surface area contributed by atoms with Gasteiger partial charge in [-0.15, -0.1) is 0 Å². The van der Waals surface area contributed by atoms with E-state index in [-0.39, 0.29) is 29.4 Å². The Hall–Kier alpha value is -2.68. The minimum atomic E-state index is -3.09.